The fourth-order valence-electron chi connectivity index (χ4n) is 1.51. The monoisotopic (exact) mass is 266 g/mol. The SMILES string of the molecule is Cc1cc(C(=O)N(C)CC(C)O)sc1C#CCN. The van der Waals surface area contributed by atoms with Gasteiger partial charge in [-0.1, -0.05) is 11.8 Å². The van der Waals surface area contributed by atoms with Gasteiger partial charge in [-0.2, -0.15) is 0 Å². The second-order valence-electron chi connectivity index (χ2n) is 4.16. The first-order chi connectivity index (χ1) is 8.45. The Morgan fingerprint density at radius 1 is 1.67 bits per heavy atom. The highest BCUT2D eigenvalue weighted by Crippen LogP contribution is 2.22. The van der Waals surface area contributed by atoms with Crippen molar-refractivity contribution in [1.82, 2.24) is 4.90 Å². The van der Waals surface area contributed by atoms with Gasteiger partial charge >= 0.3 is 0 Å². The molecule has 1 aromatic heterocycles. The minimum Gasteiger partial charge on any atom is -0.392 e. The standard InChI is InChI=1S/C13H18N2O2S/c1-9-7-12(18-11(9)5-4-6-14)13(17)15(3)8-10(2)16/h7,10,16H,6,8,14H2,1-3H3. The Hall–Kier alpha value is -1.35. The molecule has 0 radical (unpaired) electrons. The Morgan fingerprint density at radius 2 is 2.33 bits per heavy atom. The van der Waals surface area contributed by atoms with Crippen molar-refractivity contribution in [2.24, 2.45) is 5.73 Å². The van der Waals surface area contributed by atoms with Crippen LogP contribution in [0.25, 0.3) is 0 Å². The largest absolute Gasteiger partial charge is 0.392 e. The molecule has 98 valence electrons. The molecule has 1 heterocycles. The minimum absolute atomic E-state index is 0.0928. The Morgan fingerprint density at radius 3 is 2.89 bits per heavy atom. The smallest absolute Gasteiger partial charge is 0.263 e. The summed E-state index contributed by atoms with van der Waals surface area (Å²) >= 11 is 1.36. The van der Waals surface area contributed by atoms with E-state index in [1.54, 1.807) is 14.0 Å². The van der Waals surface area contributed by atoms with Gasteiger partial charge in [-0.15, -0.1) is 11.3 Å². The van der Waals surface area contributed by atoms with Gasteiger partial charge in [0, 0.05) is 13.6 Å². The molecule has 0 aliphatic carbocycles. The summed E-state index contributed by atoms with van der Waals surface area (Å²) in [5.74, 6) is 5.64. The van der Waals surface area contributed by atoms with Crippen molar-refractivity contribution in [3.63, 3.8) is 0 Å². The molecule has 1 rings (SSSR count). The molecule has 1 atom stereocenters. The molecule has 1 unspecified atom stereocenters. The average molecular weight is 266 g/mol. The van der Waals surface area contributed by atoms with Crippen molar-refractivity contribution in [2.75, 3.05) is 20.1 Å². The van der Waals surface area contributed by atoms with Gasteiger partial charge in [-0.05, 0) is 25.5 Å². The van der Waals surface area contributed by atoms with Crippen LogP contribution in [0.5, 0.6) is 0 Å². The Kier molecular flexibility index (Phi) is 5.35. The van der Waals surface area contributed by atoms with Crippen molar-refractivity contribution in [1.29, 1.82) is 0 Å². The first kappa shape index (κ1) is 14.7. The summed E-state index contributed by atoms with van der Waals surface area (Å²) in [4.78, 5) is 15.1. The van der Waals surface area contributed by atoms with Crippen molar-refractivity contribution < 1.29 is 9.90 Å². The zero-order chi connectivity index (χ0) is 13.7. The van der Waals surface area contributed by atoms with Gasteiger partial charge in [0.25, 0.3) is 5.91 Å². The summed E-state index contributed by atoms with van der Waals surface area (Å²) < 4.78 is 0. The number of nitrogens with two attached hydrogens (primary N) is 1. The van der Waals surface area contributed by atoms with Gasteiger partial charge in [-0.25, -0.2) is 0 Å². The van der Waals surface area contributed by atoms with Crippen molar-refractivity contribution in [2.45, 2.75) is 20.0 Å². The summed E-state index contributed by atoms with van der Waals surface area (Å²) in [5.41, 5.74) is 6.31. The zero-order valence-electron chi connectivity index (χ0n) is 10.9. The van der Waals surface area contributed by atoms with Crippen LogP contribution >= 0.6 is 11.3 Å². The van der Waals surface area contributed by atoms with Gasteiger partial charge < -0.3 is 15.7 Å². The Balaban J connectivity index is 2.87. The molecule has 4 nitrogen and oxygen atoms in total. The van der Waals surface area contributed by atoms with E-state index in [9.17, 15) is 9.90 Å². The summed E-state index contributed by atoms with van der Waals surface area (Å²) in [5, 5.41) is 9.27. The van der Waals surface area contributed by atoms with E-state index in [1.165, 1.54) is 16.2 Å². The summed E-state index contributed by atoms with van der Waals surface area (Å²) in [6, 6.07) is 1.83. The molecule has 18 heavy (non-hydrogen) atoms. The molecule has 1 aromatic rings. The summed E-state index contributed by atoms with van der Waals surface area (Å²) in [7, 11) is 1.68. The molecule has 0 saturated heterocycles. The van der Waals surface area contributed by atoms with E-state index in [1.807, 2.05) is 13.0 Å². The van der Waals surface area contributed by atoms with Gasteiger partial charge in [0.1, 0.15) is 0 Å². The van der Waals surface area contributed by atoms with Crippen LogP contribution in [0.4, 0.5) is 0 Å². The summed E-state index contributed by atoms with van der Waals surface area (Å²) in [6.45, 7) is 4.20. The third-order valence-electron chi connectivity index (χ3n) is 2.32. The highest BCUT2D eigenvalue weighted by atomic mass is 32.1. The number of aliphatic hydroxyl groups excluding tert-OH is 1. The number of carbonyl (C=O) groups is 1. The lowest BCUT2D eigenvalue weighted by Gasteiger charge is -2.17. The van der Waals surface area contributed by atoms with E-state index in [4.69, 9.17) is 5.73 Å². The highest BCUT2D eigenvalue weighted by molar-refractivity contribution is 7.14. The van der Waals surface area contributed by atoms with Crippen LogP contribution in [0.1, 0.15) is 27.0 Å². The van der Waals surface area contributed by atoms with E-state index in [2.05, 4.69) is 11.8 Å². The molecule has 0 spiro atoms. The number of likely N-dealkylation sites (N-methyl/N-ethyl adjacent to an activating group) is 1. The third-order valence-corrected chi connectivity index (χ3v) is 3.46. The second-order valence-corrected chi connectivity index (χ2v) is 5.22. The van der Waals surface area contributed by atoms with Gasteiger partial charge in [-0.3, -0.25) is 4.79 Å². The molecular formula is C13H18N2O2S. The lowest BCUT2D eigenvalue weighted by molar-refractivity contribution is 0.0708. The Labute approximate surface area is 111 Å². The average Bonchev–Trinajstić information content (AvgIpc) is 2.66. The molecule has 1 amide bonds. The third kappa shape index (κ3) is 3.84. The molecule has 0 bridgehead atoms. The van der Waals surface area contributed by atoms with Crippen LogP contribution in [-0.4, -0.2) is 42.2 Å². The van der Waals surface area contributed by atoms with Crippen molar-refractivity contribution in [3.05, 3.63) is 21.4 Å². The first-order valence-corrected chi connectivity index (χ1v) is 6.50. The van der Waals surface area contributed by atoms with Crippen LogP contribution in [0.3, 0.4) is 0 Å². The maximum absolute atomic E-state index is 12.1. The van der Waals surface area contributed by atoms with Crippen LogP contribution in [-0.2, 0) is 0 Å². The predicted molar refractivity (Wildman–Crippen MR) is 73.6 cm³/mol. The number of aliphatic hydroxyl groups is 1. The molecule has 0 saturated carbocycles. The molecule has 5 heteroatoms. The summed E-state index contributed by atoms with van der Waals surface area (Å²) in [6.07, 6.45) is -0.531. The molecule has 0 aromatic carbocycles. The number of amides is 1. The zero-order valence-corrected chi connectivity index (χ0v) is 11.7. The van der Waals surface area contributed by atoms with Crippen LogP contribution in [0.2, 0.25) is 0 Å². The number of hydrogen-bond donors (Lipinski definition) is 2. The van der Waals surface area contributed by atoms with E-state index < -0.39 is 6.10 Å². The molecule has 0 aliphatic rings. The van der Waals surface area contributed by atoms with Crippen LogP contribution in [0, 0.1) is 18.8 Å². The van der Waals surface area contributed by atoms with Crippen LogP contribution in [0.15, 0.2) is 6.07 Å². The number of aryl methyl sites for hydroxylation is 1. The maximum atomic E-state index is 12.1. The molecule has 0 aliphatic heterocycles. The lowest BCUT2D eigenvalue weighted by atomic mass is 10.2. The van der Waals surface area contributed by atoms with Crippen molar-refractivity contribution >= 4 is 17.2 Å². The number of nitrogens with zero attached hydrogens (tertiary/aromatic N) is 1. The van der Waals surface area contributed by atoms with E-state index >= 15 is 0 Å². The van der Waals surface area contributed by atoms with E-state index in [0.29, 0.717) is 18.0 Å². The number of thiophene rings is 1. The molecule has 3 N–H and O–H groups in total. The number of carbonyl (C=O) groups excluding carboxylic acids is 1. The van der Waals surface area contributed by atoms with E-state index in [-0.39, 0.29) is 5.91 Å². The number of rotatable bonds is 3. The molecular weight excluding hydrogens is 248 g/mol. The fourth-order valence-corrected chi connectivity index (χ4v) is 2.55. The Bertz CT molecular complexity index is 483. The lowest BCUT2D eigenvalue weighted by Crippen LogP contribution is -2.32. The fraction of sp³-hybridized carbons (Fsp3) is 0.462. The topological polar surface area (TPSA) is 66.6 Å². The maximum Gasteiger partial charge on any atom is 0.263 e. The predicted octanol–water partition coefficient (Wildman–Crippen LogP) is 0.820. The van der Waals surface area contributed by atoms with Gasteiger partial charge in [0.15, 0.2) is 0 Å². The number of hydrogen-bond acceptors (Lipinski definition) is 4. The van der Waals surface area contributed by atoms with Crippen LogP contribution < -0.4 is 5.73 Å². The van der Waals surface area contributed by atoms with Crippen molar-refractivity contribution in [3.8, 4) is 11.8 Å². The second kappa shape index (κ2) is 6.55. The first-order valence-electron chi connectivity index (χ1n) is 5.68. The minimum atomic E-state index is -0.531. The van der Waals surface area contributed by atoms with Gasteiger partial charge in [0.05, 0.1) is 22.4 Å². The van der Waals surface area contributed by atoms with Gasteiger partial charge in [0.2, 0.25) is 0 Å². The highest BCUT2D eigenvalue weighted by Gasteiger charge is 2.16. The van der Waals surface area contributed by atoms with E-state index in [0.717, 1.165) is 10.4 Å². The normalized spacial score (nSPS) is 11.6. The molecule has 0 fully saturated rings. The quantitative estimate of drug-likeness (QED) is 0.796.